The van der Waals surface area contributed by atoms with Crippen LogP contribution in [0.4, 0.5) is 9.52 Å². The zero-order chi connectivity index (χ0) is 18.6. The molecule has 1 aromatic heterocycles. The van der Waals surface area contributed by atoms with Crippen LogP contribution in [0.3, 0.4) is 0 Å². The van der Waals surface area contributed by atoms with E-state index < -0.39 is 0 Å². The van der Waals surface area contributed by atoms with Gasteiger partial charge in [-0.25, -0.2) is 9.37 Å². The second-order valence-electron chi connectivity index (χ2n) is 6.39. The van der Waals surface area contributed by atoms with Crippen molar-refractivity contribution < 1.29 is 9.18 Å². The van der Waals surface area contributed by atoms with Crippen LogP contribution in [0.15, 0.2) is 53.4 Å². The van der Waals surface area contributed by atoms with Crippen molar-refractivity contribution in [3.8, 4) is 0 Å². The third-order valence-corrected chi connectivity index (χ3v) is 6.66. The number of hydrogen-bond acceptors (Lipinski definition) is 5. The summed E-state index contributed by atoms with van der Waals surface area (Å²) < 4.78 is 14.2. The third kappa shape index (κ3) is 4.42. The van der Waals surface area contributed by atoms with Crippen molar-refractivity contribution >= 4 is 44.4 Å². The van der Waals surface area contributed by atoms with E-state index in [4.69, 9.17) is 0 Å². The Labute approximate surface area is 166 Å². The topological polar surface area (TPSA) is 36.4 Å². The van der Waals surface area contributed by atoms with Crippen molar-refractivity contribution in [1.82, 2.24) is 9.88 Å². The number of benzene rings is 2. The van der Waals surface area contributed by atoms with Crippen molar-refractivity contribution in [3.63, 3.8) is 0 Å². The van der Waals surface area contributed by atoms with Gasteiger partial charge in [-0.2, -0.15) is 0 Å². The van der Waals surface area contributed by atoms with Crippen LogP contribution in [0.25, 0.3) is 10.2 Å². The van der Waals surface area contributed by atoms with E-state index in [9.17, 15) is 9.18 Å². The zero-order valence-corrected chi connectivity index (χ0v) is 16.4. The maximum atomic E-state index is 13.4. The molecule has 140 valence electrons. The number of thioether (sulfide) groups is 1. The highest BCUT2D eigenvalue weighted by atomic mass is 32.2. The van der Waals surface area contributed by atoms with E-state index in [1.807, 2.05) is 23.1 Å². The number of aromatic nitrogens is 1. The summed E-state index contributed by atoms with van der Waals surface area (Å²) in [6.07, 6.45) is 0.556. The lowest BCUT2D eigenvalue weighted by molar-refractivity contribution is -0.131. The van der Waals surface area contributed by atoms with Gasteiger partial charge in [-0.15, -0.1) is 11.8 Å². The molecule has 0 unspecified atom stereocenters. The molecular weight excluding hydrogens is 381 g/mol. The molecule has 0 saturated carbocycles. The molecule has 0 spiro atoms. The maximum Gasteiger partial charge on any atom is 0.223 e. The standard InChI is InChI=1S/C20H20FN3OS2/c21-15-6-7-17-18(14-15)27-20(22-17)24-11-9-23(10-12-24)19(25)8-13-26-16-4-2-1-3-5-16/h1-7,14H,8-13H2. The molecule has 4 nitrogen and oxygen atoms in total. The fourth-order valence-corrected chi connectivity index (χ4v) is 5.00. The first-order valence-electron chi connectivity index (χ1n) is 8.96. The molecule has 1 fully saturated rings. The molecule has 7 heteroatoms. The van der Waals surface area contributed by atoms with Crippen LogP contribution in [-0.2, 0) is 4.79 Å². The van der Waals surface area contributed by atoms with Gasteiger partial charge in [0.2, 0.25) is 5.91 Å². The molecule has 0 radical (unpaired) electrons. The number of carbonyl (C=O) groups is 1. The Morgan fingerprint density at radius 1 is 1.11 bits per heavy atom. The number of nitrogens with zero attached hydrogens (tertiary/aromatic N) is 3. The molecule has 0 bridgehead atoms. The Kier molecular flexibility index (Phi) is 5.59. The van der Waals surface area contributed by atoms with Gasteiger partial charge >= 0.3 is 0 Å². The van der Waals surface area contributed by atoms with Crippen molar-refractivity contribution in [2.45, 2.75) is 11.3 Å². The van der Waals surface area contributed by atoms with Crippen molar-refractivity contribution in [3.05, 3.63) is 54.3 Å². The zero-order valence-electron chi connectivity index (χ0n) is 14.8. The second kappa shape index (κ2) is 8.27. The summed E-state index contributed by atoms with van der Waals surface area (Å²) in [4.78, 5) is 22.4. The number of fused-ring (bicyclic) bond motifs is 1. The van der Waals surface area contributed by atoms with Crippen LogP contribution in [0.2, 0.25) is 0 Å². The lowest BCUT2D eigenvalue weighted by atomic mass is 10.3. The van der Waals surface area contributed by atoms with E-state index >= 15 is 0 Å². The molecule has 0 N–H and O–H groups in total. The largest absolute Gasteiger partial charge is 0.345 e. The number of thiazole rings is 1. The molecule has 2 heterocycles. The highest BCUT2D eigenvalue weighted by Gasteiger charge is 2.23. The van der Waals surface area contributed by atoms with E-state index in [2.05, 4.69) is 22.0 Å². The molecule has 2 aromatic carbocycles. The first-order chi connectivity index (χ1) is 13.2. The van der Waals surface area contributed by atoms with Gasteiger partial charge in [-0.1, -0.05) is 29.5 Å². The van der Waals surface area contributed by atoms with Crippen molar-refractivity contribution in [2.24, 2.45) is 0 Å². The number of amides is 1. The van der Waals surface area contributed by atoms with E-state index in [1.165, 1.54) is 28.4 Å². The fraction of sp³-hybridized carbons (Fsp3) is 0.300. The number of anilines is 1. The minimum atomic E-state index is -0.235. The molecular formula is C20H20FN3OS2. The van der Waals surface area contributed by atoms with Crippen LogP contribution in [-0.4, -0.2) is 47.7 Å². The van der Waals surface area contributed by atoms with Gasteiger partial charge in [0.15, 0.2) is 5.13 Å². The van der Waals surface area contributed by atoms with Gasteiger partial charge in [0.1, 0.15) is 5.82 Å². The number of halogens is 1. The first kappa shape index (κ1) is 18.3. The summed E-state index contributed by atoms with van der Waals surface area (Å²) in [7, 11) is 0. The maximum absolute atomic E-state index is 13.4. The SMILES string of the molecule is O=C(CCSc1ccccc1)N1CCN(c2nc3ccc(F)cc3s2)CC1. The third-order valence-electron chi connectivity index (χ3n) is 4.57. The van der Waals surface area contributed by atoms with E-state index in [0.29, 0.717) is 19.5 Å². The smallest absolute Gasteiger partial charge is 0.223 e. The van der Waals surface area contributed by atoms with Gasteiger partial charge in [-0.3, -0.25) is 4.79 Å². The average Bonchev–Trinajstić information content (AvgIpc) is 3.12. The Morgan fingerprint density at radius 2 is 1.89 bits per heavy atom. The highest BCUT2D eigenvalue weighted by molar-refractivity contribution is 7.99. The predicted octanol–water partition coefficient (Wildman–Crippen LogP) is 4.27. The Hall–Kier alpha value is -2.12. The normalized spacial score (nSPS) is 14.7. The van der Waals surface area contributed by atoms with Crippen LogP contribution in [0, 0.1) is 5.82 Å². The summed E-state index contributed by atoms with van der Waals surface area (Å²) in [5, 5.41) is 0.905. The minimum Gasteiger partial charge on any atom is -0.345 e. The summed E-state index contributed by atoms with van der Waals surface area (Å²) in [6, 6.07) is 14.8. The molecule has 4 rings (SSSR count). The number of carbonyl (C=O) groups excluding carboxylic acids is 1. The first-order valence-corrected chi connectivity index (χ1v) is 10.8. The average molecular weight is 402 g/mol. The monoisotopic (exact) mass is 401 g/mol. The van der Waals surface area contributed by atoms with Crippen LogP contribution < -0.4 is 4.90 Å². The molecule has 1 amide bonds. The van der Waals surface area contributed by atoms with Gasteiger partial charge in [0.25, 0.3) is 0 Å². The molecule has 27 heavy (non-hydrogen) atoms. The lowest BCUT2D eigenvalue weighted by Gasteiger charge is -2.34. The summed E-state index contributed by atoms with van der Waals surface area (Å²) >= 11 is 3.22. The molecule has 3 aromatic rings. The highest BCUT2D eigenvalue weighted by Crippen LogP contribution is 2.30. The van der Waals surface area contributed by atoms with Gasteiger partial charge in [-0.05, 0) is 30.3 Å². The van der Waals surface area contributed by atoms with Gasteiger partial charge in [0.05, 0.1) is 10.2 Å². The summed E-state index contributed by atoms with van der Waals surface area (Å²) in [6.45, 7) is 2.94. The number of rotatable bonds is 5. The Morgan fingerprint density at radius 3 is 2.67 bits per heavy atom. The Balaban J connectivity index is 1.28. The van der Waals surface area contributed by atoms with Gasteiger partial charge < -0.3 is 9.80 Å². The van der Waals surface area contributed by atoms with Crippen LogP contribution >= 0.6 is 23.1 Å². The molecule has 1 aliphatic rings. The summed E-state index contributed by atoms with van der Waals surface area (Å²) in [5.74, 6) is 0.776. The molecule has 1 saturated heterocycles. The van der Waals surface area contributed by atoms with Gasteiger partial charge in [0, 0.05) is 43.2 Å². The molecule has 0 aliphatic carbocycles. The summed E-state index contributed by atoms with van der Waals surface area (Å²) in [5.41, 5.74) is 0.827. The molecule has 0 atom stereocenters. The van der Waals surface area contributed by atoms with E-state index in [1.54, 1.807) is 17.8 Å². The van der Waals surface area contributed by atoms with Crippen molar-refractivity contribution in [2.75, 3.05) is 36.8 Å². The molecule has 1 aliphatic heterocycles. The van der Waals surface area contributed by atoms with Crippen molar-refractivity contribution in [1.29, 1.82) is 0 Å². The predicted molar refractivity (Wildman–Crippen MR) is 110 cm³/mol. The number of piperazine rings is 1. The second-order valence-corrected chi connectivity index (χ2v) is 8.57. The quantitative estimate of drug-likeness (QED) is 0.599. The Bertz CT molecular complexity index is 923. The number of hydrogen-bond donors (Lipinski definition) is 0. The van der Waals surface area contributed by atoms with Crippen LogP contribution in [0.5, 0.6) is 0 Å². The van der Waals surface area contributed by atoms with E-state index in [0.717, 1.165) is 34.2 Å². The lowest BCUT2D eigenvalue weighted by Crippen LogP contribution is -2.48. The van der Waals surface area contributed by atoms with E-state index in [-0.39, 0.29) is 11.7 Å². The van der Waals surface area contributed by atoms with Crippen LogP contribution in [0.1, 0.15) is 6.42 Å². The minimum absolute atomic E-state index is 0.212. The fourth-order valence-electron chi connectivity index (χ4n) is 3.10.